The van der Waals surface area contributed by atoms with E-state index in [0.29, 0.717) is 0 Å². The molecule has 0 aliphatic carbocycles. The van der Waals surface area contributed by atoms with Crippen LogP contribution in [0.2, 0.25) is 10.1 Å². The van der Waals surface area contributed by atoms with Crippen LogP contribution in [-0.2, 0) is 10.0 Å². The Bertz CT molecular complexity index is 780. The Kier molecular flexibility index (Phi) is 4.57. The normalized spacial score (nSPS) is 23.0. The van der Waals surface area contributed by atoms with Gasteiger partial charge in [-0.15, -0.1) is 0 Å². The lowest BCUT2D eigenvalue weighted by atomic mass is 9.85. The maximum atomic E-state index is 7.26. The lowest BCUT2D eigenvalue weighted by molar-refractivity contribution is 0.132. The average Bonchev–Trinajstić information content (AvgIpc) is 2.92. The minimum atomic E-state index is -2.26. The number of hydrogen-bond acceptors (Lipinski definition) is 1. The van der Waals surface area contributed by atoms with Crippen LogP contribution in [0, 0.1) is 0 Å². The van der Waals surface area contributed by atoms with Gasteiger partial charge in [0.1, 0.15) is 5.60 Å². The molecule has 1 nitrogen and oxygen atoms in total. The zero-order valence-corrected chi connectivity index (χ0v) is 18.3. The first-order valence-corrected chi connectivity index (χ1v) is 11.5. The molecule has 0 radical (unpaired) electrons. The van der Waals surface area contributed by atoms with Crippen molar-refractivity contribution in [1.82, 2.24) is 0 Å². The second-order valence-corrected chi connectivity index (χ2v) is 14.6. The summed E-state index contributed by atoms with van der Waals surface area (Å²) in [5.74, 6) is 0. The average molecular weight is 365 g/mol. The standard InChI is InChI=1S/C24H32OSi/c1-22(2,3)26(23(4,5)6)18-21(19-14-10-8-11-15-19)24(7,25-26)20-16-12-9-13-17-20/h8-18H,1-7H3. The Hall–Kier alpha value is -1.64. The van der Waals surface area contributed by atoms with Crippen molar-refractivity contribution in [3.05, 3.63) is 77.5 Å². The fourth-order valence-electron chi connectivity index (χ4n) is 4.56. The van der Waals surface area contributed by atoms with Gasteiger partial charge in [-0.2, -0.15) is 0 Å². The van der Waals surface area contributed by atoms with Crippen LogP contribution in [0.1, 0.15) is 59.6 Å². The maximum Gasteiger partial charge on any atom is 0.229 e. The summed E-state index contributed by atoms with van der Waals surface area (Å²) in [5.41, 5.74) is 5.95. The van der Waals surface area contributed by atoms with Crippen LogP contribution in [0.5, 0.6) is 0 Å². The Morgan fingerprint density at radius 1 is 0.731 bits per heavy atom. The fourth-order valence-corrected chi connectivity index (χ4v) is 10.1. The van der Waals surface area contributed by atoms with Crippen LogP contribution in [0.15, 0.2) is 66.4 Å². The lowest BCUT2D eigenvalue weighted by Crippen LogP contribution is -2.53. The van der Waals surface area contributed by atoms with Gasteiger partial charge in [-0.25, -0.2) is 0 Å². The van der Waals surface area contributed by atoms with Gasteiger partial charge in [0.05, 0.1) is 0 Å². The molecule has 138 valence electrons. The van der Waals surface area contributed by atoms with E-state index in [1.807, 2.05) is 0 Å². The minimum absolute atomic E-state index is 0.0951. The molecule has 26 heavy (non-hydrogen) atoms. The third kappa shape index (κ3) is 2.89. The van der Waals surface area contributed by atoms with E-state index in [1.54, 1.807) is 0 Å². The Morgan fingerprint density at radius 3 is 1.65 bits per heavy atom. The fraction of sp³-hybridized carbons (Fsp3) is 0.417. The molecule has 0 aromatic heterocycles. The molecule has 0 saturated heterocycles. The van der Waals surface area contributed by atoms with Gasteiger partial charge in [0.15, 0.2) is 0 Å². The van der Waals surface area contributed by atoms with Crippen molar-refractivity contribution in [3.63, 3.8) is 0 Å². The van der Waals surface area contributed by atoms with Crippen molar-refractivity contribution in [2.24, 2.45) is 0 Å². The van der Waals surface area contributed by atoms with E-state index in [9.17, 15) is 0 Å². The summed E-state index contributed by atoms with van der Waals surface area (Å²) < 4.78 is 7.26. The smallest absolute Gasteiger partial charge is 0.229 e. The molecule has 0 spiro atoms. The molecule has 1 atom stereocenters. The maximum absolute atomic E-state index is 7.26. The Labute approximate surface area is 160 Å². The van der Waals surface area contributed by atoms with Gasteiger partial charge in [-0.3, -0.25) is 0 Å². The predicted molar refractivity (Wildman–Crippen MR) is 114 cm³/mol. The summed E-state index contributed by atoms with van der Waals surface area (Å²) in [5, 5.41) is 0.190. The van der Waals surface area contributed by atoms with Crippen LogP contribution in [-0.4, -0.2) is 8.32 Å². The zero-order valence-electron chi connectivity index (χ0n) is 17.3. The van der Waals surface area contributed by atoms with E-state index in [0.717, 1.165) is 0 Å². The topological polar surface area (TPSA) is 9.23 Å². The molecule has 0 amide bonds. The van der Waals surface area contributed by atoms with E-state index >= 15 is 0 Å². The second kappa shape index (κ2) is 6.21. The van der Waals surface area contributed by atoms with Gasteiger partial charge in [0.2, 0.25) is 8.32 Å². The van der Waals surface area contributed by atoms with E-state index in [2.05, 4.69) is 115 Å². The minimum Gasteiger partial charge on any atom is -0.399 e. The second-order valence-electron chi connectivity index (χ2n) is 9.66. The monoisotopic (exact) mass is 364 g/mol. The molecule has 1 aliphatic rings. The van der Waals surface area contributed by atoms with Gasteiger partial charge in [-0.05, 0) is 33.7 Å². The summed E-state index contributed by atoms with van der Waals surface area (Å²) in [6.07, 6.45) is 0. The van der Waals surface area contributed by atoms with Crippen molar-refractivity contribution in [1.29, 1.82) is 0 Å². The molecule has 1 heterocycles. The van der Waals surface area contributed by atoms with Gasteiger partial charge in [0, 0.05) is 0 Å². The highest BCUT2D eigenvalue weighted by molar-refractivity contribution is 6.85. The highest BCUT2D eigenvalue weighted by Crippen LogP contribution is 2.61. The molecule has 3 rings (SSSR count). The van der Waals surface area contributed by atoms with Crippen molar-refractivity contribution in [2.75, 3.05) is 0 Å². The molecule has 1 unspecified atom stereocenters. The third-order valence-corrected chi connectivity index (χ3v) is 11.7. The molecule has 0 N–H and O–H groups in total. The summed E-state index contributed by atoms with van der Waals surface area (Å²) in [4.78, 5) is 0. The van der Waals surface area contributed by atoms with Gasteiger partial charge >= 0.3 is 0 Å². The zero-order chi connectivity index (χ0) is 19.2. The predicted octanol–water partition coefficient (Wildman–Crippen LogP) is 7.10. The van der Waals surface area contributed by atoms with Crippen molar-refractivity contribution in [2.45, 2.75) is 64.1 Å². The SMILES string of the molecule is CC1(c2ccccc2)O[Si](C(C)(C)C)(C(C)(C)C)C=C1c1ccccc1. The molecular weight excluding hydrogens is 332 g/mol. The molecule has 2 aromatic rings. The third-order valence-electron chi connectivity index (χ3n) is 5.86. The van der Waals surface area contributed by atoms with Crippen molar-refractivity contribution >= 4 is 13.9 Å². The summed E-state index contributed by atoms with van der Waals surface area (Å²) in [7, 11) is -2.26. The van der Waals surface area contributed by atoms with E-state index in [4.69, 9.17) is 4.43 Å². The molecule has 0 saturated carbocycles. The van der Waals surface area contributed by atoms with Crippen LogP contribution in [0.3, 0.4) is 0 Å². The first-order valence-electron chi connectivity index (χ1n) is 9.56. The highest BCUT2D eigenvalue weighted by atomic mass is 28.4. The van der Waals surface area contributed by atoms with E-state index in [1.165, 1.54) is 16.7 Å². The summed E-state index contributed by atoms with van der Waals surface area (Å²) in [6, 6.07) is 21.5. The Morgan fingerprint density at radius 2 is 1.19 bits per heavy atom. The largest absolute Gasteiger partial charge is 0.399 e. The molecule has 1 aliphatic heterocycles. The number of rotatable bonds is 2. The molecule has 0 fully saturated rings. The van der Waals surface area contributed by atoms with Gasteiger partial charge in [0.25, 0.3) is 0 Å². The summed E-state index contributed by atoms with van der Waals surface area (Å²) in [6.45, 7) is 16.3. The highest BCUT2D eigenvalue weighted by Gasteiger charge is 2.61. The van der Waals surface area contributed by atoms with Gasteiger partial charge in [-0.1, -0.05) is 108 Å². The van der Waals surface area contributed by atoms with Crippen LogP contribution in [0.4, 0.5) is 0 Å². The Balaban J connectivity index is 2.29. The molecular formula is C24H32OSi. The first kappa shape index (κ1) is 19.1. The van der Waals surface area contributed by atoms with Crippen LogP contribution >= 0.6 is 0 Å². The quantitative estimate of drug-likeness (QED) is 0.516. The van der Waals surface area contributed by atoms with Crippen LogP contribution in [0.25, 0.3) is 5.57 Å². The van der Waals surface area contributed by atoms with Gasteiger partial charge < -0.3 is 4.43 Å². The van der Waals surface area contributed by atoms with E-state index in [-0.39, 0.29) is 10.1 Å². The molecule has 2 heteroatoms. The van der Waals surface area contributed by atoms with Crippen LogP contribution < -0.4 is 0 Å². The lowest BCUT2D eigenvalue weighted by Gasteiger charge is -2.49. The van der Waals surface area contributed by atoms with Crippen molar-refractivity contribution in [3.8, 4) is 0 Å². The van der Waals surface area contributed by atoms with Crippen molar-refractivity contribution < 1.29 is 4.43 Å². The molecule has 2 aromatic carbocycles. The van der Waals surface area contributed by atoms with E-state index < -0.39 is 13.9 Å². The number of benzene rings is 2. The first-order chi connectivity index (χ1) is 12.0. The summed E-state index contributed by atoms with van der Waals surface area (Å²) >= 11 is 0. The number of hydrogen-bond donors (Lipinski definition) is 0. The molecule has 0 bridgehead atoms.